The first-order chi connectivity index (χ1) is 15.0. The van der Waals surface area contributed by atoms with Crippen LogP contribution in [0.3, 0.4) is 0 Å². The molecule has 0 radical (unpaired) electrons. The minimum absolute atomic E-state index is 0.0369. The largest absolute Gasteiger partial charge is 0.465 e. The Labute approximate surface area is 180 Å². The number of rotatable bonds is 7. The van der Waals surface area contributed by atoms with Gasteiger partial charge in [0, 0.05) is 12.5 Å². The molecule has 2 aromatic carbocycles. The Bertz CT molecular complexity index is 998. The fourth-order valence-corrected chi connectivity index (χ4v) is 3.87. The molecule has 1 heterocycles. The van der Waals surface area contributed by atoms with Crippen molar-refractivity contribution in [2.45, 2.75) is 31.7 Å². The van der Waals surface area contributed by atoms with Gasteiger partial charge in [0.2, 0.25) is 11.8 Å². The normalized spacial score (nSPS) is 18.2. The van der Waals surface area contributed by atoms with Crippen molar-refractivity contribution in [3.8, 4) is 0 Å². The summed E-state index contributed by atoms with van der Waals surface area (Å²) in [6.45, 7) is 0.387. The van der Waals surface area contributed by atoms with Gasteiger partial charge in [0.15, 0.2) is 0 Å². The van der Waals surface area contributed by atoms with Crippen LogP contribution in [0, 0.1) is 5.92 Å². The molecule has 1 atom stereocenters. The Hall–Kier alpha value is -3.48. The number of imide groups is 1. The molecule has 7 heteroatoms. The Kier molecular flexibility index (Phi) is 5.84. The number of anilines is 1. The van der Waals surface area contributed by atoms with Crippen LogP contribution in [-0.2, 0) is 25.5 Å². The molecule has 0 bridgehead atoms. The molecule has 0 spiro atoms. The predicted molar refractivity (Wildman–Crippen MR) is 113 cm³/mol. The number of carbonyl (C=O) groups excluding carboxylic acids is 4. The third kappa shape index (κ3) is 4.35. The summed E-state index contributed by atoms with van der Waals surface area (Å²) < 4.78 is 4.68. The number of nitrogens with zero attached hydrogens (tertiary/aromatic N) is 2. The average molecular weight is 420 g/mol. The minimum atomic E-state index is -0.801. The lowest BCUT2D eigenvalue weighted by Crippen LogP contribution is -2.47. The van der Waals surface area contributed by atoms with Gasteiger partial charge in [-0.25, -0.2) is 9.69 Å². The molecule has 2 aliphatic rings. The number of methoxy groups -OCH3 is 1. The quantitative estimate of drug-likeness (QED) is 0.508. The van der Waals surface area contributed by atoms with E-state index < -0.39 is 17.9 Å². The van der Waals surface area contributed by atoms with E-state index in [0.717, 1.165) is 23.3 Å². The topological polar surface area (TPSA) is 84.0 Å². The number of carbonyl (C=O) groups is 4. The van der Waals surface area contributed by atoms with Crippen LogP contribution in [-0.4, -0.2) is 48.3 Å². The number of hydrogen-bond donors (Lipinski definition) is 0. The van der Waals surface area contributed by atoms with Crippen molar-refractivity contribution in [2.24, 2.45) is 5.92 Å². The molecule has 31 heavy (non-hydrogen) atoms. The van der Waals surface area contributed by atoms with Crippen LogP contribution in [0.1, 0.15) is 35.2 Å². The molecule has 1 saturated carbocycles. The van der Waals surface area contributed by atoms with Crippen LogP contribution in [0.15, 0.2) is 54.6 Å². The van der Waals surface area contributed by atoms with Gasteiger partial charge in [0.05, 0.1) is 24.8 Å². The molecule has 2 aromatic rings. The standard InChI is InChI=1S/C24H24N2O5/c1-31-24(30)18-9-11-19(12-10-18)26-21(27)15-20(23(26)29)25(22(28)17-7-8-17)14-13-16-5-3-2-4-6-16/h2-6,9-12,17,20H,7-8,13-15H2,1H3. The number of hydrogen-bond acceptors (Lipinski definition) is 5. The zero-order valence-corrected chi connectivity index (χ0v) is 17.3. The van der Waals surface area contributed by atoms with E-state index in [4.69, 9.17) is 0 Å². The second-order valence-electron chi connectivity index (χ2n) is 7.87. The van der Waals surface area contributed by atoms with Gasteiger partial charge in [-0.05, 0) is 49.1 Å². The molecule has 1 saturated heterocycles. The van der Waals surface area contributed by atoms with Gasteiger partial charge < -0.3 is 9.64 Å². The highest BCUT2D eigenvalue weighted by Crippen LogP contribution is 2.34. The molecule has 4 rings (SSSR count). The van der Waals surface area contributed by atoms with Crippen molar-refractivity contribution in [3.63, 3.8) is 0 Å². The van der Waals surface area contributed by atoms with Crippen LogP contribution in [0.4, 0.5) is 5.69 Å². The SMILES string of the molecule is COC(=O)c1ccc(N2C(=O)CC(N(CCc3ccccc3)C(=O)C3CC3)C2=O)cc1. The summed E-state index contributed by atoms with van der Waals surface area (Å²) in [4.78, 5) is 53.2. The van der Waals surface area contributed by atoms with Crippen molar-refractivity contribution in [1.82, 2.24) is 4.90 Å². The lowest BCUT2D eigenvalue weighted by Gasteiger charge is -2.28. The van der Waals surface area contributed by atoms with Gasteiger partial charge in [0.25, 0.3) is 5.91 Å². The van der Waals surface area contributed by atoms with Crippen molar-refractivity contribution in [2.75, 3.05) is 18.6 Å². The maximum atomic E-state index is 13.2. The molecular weight excluding hydrogens is 396 g/mol. The maximum absolute atomic E-state index is 13.2. The highest BCUT2D eigenvalue weighted by Gasteiger charge is 2.46. The van der Waals surface area contributed by atoms with E-state index in [9.17, 15) is 19.2 Å². The minimum Gasteiger partial charge on any atom is -0.465 e. The van der Waals surface area contributed by atoms with Gasteiger partial charge in [0.1, 0.15) is 6.04 Å². The molecule has 3 amide bonds. The van der Waals surface area contributed by atoms with Crippen LogP contribution in [0.25, 0.3) is 0 Å². The average Bonchev–Trinajstić information content (AvgIpc) is 3.60. The van der Waals surface area contributed by atoms with E-state index in [1.165, 1.54) is 19.2 Å². The first kappa shape index (κ1) is 20.8. The molecule has 1 aliphatic heterocycles. The molecule has 1 unspecified atom stereocenters. The lowest BCUT2D eigenvalue weighted by atomic mass is 10.1. The van der Waals surface area contributed by atoms with E-state index in [1.807, 2.05) is 30.3 Å². The summed E-state index contributed by atoms with van der Waals surface area (Å²) in [5.41, 5.74) is 1.78. The first-order valence-corrected chi connectivity index (χ1v) is 10.4. The fourth-order valence-electron chi connectivity index (χ4n) is 3.87. The van der Waals surface area contributed by atoms with Crippen molar-refractivity contribution in [3.05, 3.63) is 65.7 Å². The summed E-state index contributed by atoms with van der Waals surface area (Å²) >= 11 is 0. The highest BCUT2D eigenvalue weighted by atomic mass is 16.5. The first-order valence-electron chi connectivity index (χ1n) is 10.4. The second kappa shape index (κ2) is 8.71. The third-order valence-electron chi connectivity index (χ3n) is 5.74. The van der Waals surface area contributed by atoms with Crippen LogP contribution in [0.2, 0.25) is 0 Å². The lowest BCUT2D eigenvalue weighted by molar-refractivity contribution is -0.139. The molecular formula is C24H24N2O5. The molecule has 160 valence electrons. The zero-order chi connectivity index (χ0) is 22.0. The number of benzene rings is 2. The van der Waals surface area contributed by atoms with Crippen molar-refractivity contribution in [1.29, 1.82) is 0 Å². The van der Waals surface area contributed by atoms with Gasteiger partial charge in [-0.15, -0.1) is 0 Å². The van der Waals surface area contributed by atoms with E-state index in [0.29, 0.717) is 24.2 Å². The van der Waals surface area contributed by atoms with Crippen LogP contribution in [0.5, 0.6) is 0 Å². The molecule has 1 aliphatic carbocycles. The van der Waals surface area contributed by atoms with E-state index in [1.54, 1.807) is 17.0 Å². The second-order valence-corrected chi connectivity index (χ2v) is 7.87. The summed E-state index contributed by atoms with van der Waals surface area (Å²) in [5.74, 6) is -1.35. The fraction of sp³-hybridized carbons (Fsp3) is 0.333. The smallest absolute Gasteiger partial charge is 0.337 e. The number of esters is 1. The summed E-state index contributed by atoms with van der Waals surface area (Å²) in [5, 5.41) is 0. The summed E-state index contributed by atoms with van der Waals surface area (Å²) in [6, 6.07) is 15.1. The van der Waals surface area contributed by atoms with E-state index >= 15 is 0 Å². The van der Waals surface area contributed by atoms with Crippen LogP contribution < -0.4 is 4.90 Å². The van der Waals surface area contributed by atoms with E-state index in [2.05, 4.69) is 4.74 Å². The van der Waals surface area contributed by atoms with Gasteiger partial charge in [-0.3, -0.25) is 14.4 Å². The number of ether oxygens (including phenoxy) is 1. The Morgan fingerprint density at radius 2 is 1.71 bits per heavy atom. The monoisotopic (exact) mass is 420 g/mol. The highest BCUT2D eigenvalue weighted by molar-refractivity contribution is 6.23. The molecule has 0 N–H and O–H groups in total. The van der Waals surface area contributed by atoms with Crippen molar-refractivity contribution >= 4 is 29.4 Å². The Morgan fingerprint density at radius 1 is 1.03 bits per heavy atom. The third-order valence-corrected chi connectivity index (χ3v) is 5.74. The van der Waals surface area contributed by atoms with Gasteiger partial charge in [-0.2, -0.15) is 0 Å². The Morgan fingerprint density at radius 3 is 2.32 bits per heavy atom. The van der Waals surface area contributed by atoms with Gasteiger partial charge in [-0.1, -0.05) is 30.3 Å². The zero-order valence-electron chi connectivity index (χ0n) is 17.3. The predicted octanol–water partition coefficient (Wildman–Crippen LogP) is 2.59. The summed E-state index contributed by atoms with van der Waals surface area (Å²) in [7, 11) is 1.29. The molecule has 7 nitrogen and oxygen atoms in total. The number of amides is 3. The summed E-state index contributed by atoms with van der Waals surface area (Å²) in [6.07, 6.45) is 2.23. The maximum Gasteiger partial charge on any atom is 0.337 e. The van der Waals surface area contributed by atoms with Crippen molar-refractivity contribution < 1.29 is 23.9 Å². The van der Waals surface area contributed by atoms with Gasteiger partial charge >= 0.3 is 5.97 Å². The Balaban J connectivity index is 1.53. The molecule has 0 aromatic heterocycles. The molecule has 2 fully saturated rings. The van der Waals surface area contributed by atoms with E-state index in [-0.39, 0.29) is 24.2 Å². The van der Waals surface area contributed by atoms with Crippen LogP contribution >= 0.6 is 0 Å².